The van der Waals surface area contributed by atoms with Crippen LogP contribution in [0.25, 0.3) is 11.1 Å². The summed E-state index contributed by atoms with van der Waals surface area (Å²) in [7, 11) is 4.10. The molecule has 0 unspecified atom stereocenters. The van der Waals surface area contributed by atoms with Crippen LogP contribution in [0.3, 0.4) is 0 Å². The minimum Gasteiger partial charge on any atom is -0.352 e. The van der Waals surface area contributed by atoms with Crippen molar-refractivity contribution in [2.45, 2.75) is 53.1 Å². The summed E-state index contributed by atoms with van der Waals surface area (Å²) in [6.07, 6.45) is 8.70. The maximum absolute atomic E-state index is 12.5. The Hall–Kier alpha value is -4.51. The Balaban J connectivity index is 0.000000285. The highest BCUT2D eigenvalue weighted by atomic mass is 32.1. The molecule has 47 heavy (non-hydrogen) atoms. The molecule has 0 atom stereocenters. The Morgan fingerprint density at radius 2 is 1.79 bits per heavy atom. The van der Waals surface area contributed by atoms with Crippen molar-refractivity contribution in [1.29, 1.82) is 0 Å². The number of thiazole rings is 1. The molecule has 0 fully saturated rings. The van der Waals surface area contributed by atoms with Crippen molar-refractivity contribution in [3.63, 3.8) is 0 Å². The summed E-state index contributed by atoms with van der Waals surface area (Å²) < 4.78 is 0. The lowest BCUT2D eigenvalue weighted by molar-refractivity contribution is 0.0953. The molecule has 1 amide bonds. The Morgan fingerprint density at radius 3 is 2.38 bits per heavy atom. The van der Waals surface area contributed by atoms with Crippen LogP contribution in [0.15, 0.2) is 84.8 Å². The van der Waals surface area contributed by atoms with Gasteiger partial charge in [-0.05, 0) is 81.7 Å². The van der Waals surface area contributed by atoms with Gasteiger partial charge in [-0.2, -0.15) is 5.10 Å². The molecule has 10 heteroatoms. The van der Waals surface area contributed by atoms with Crippen molar-refractivity contribution >= 4 is 23.5 Å². The van der Waals surface area contributed by atoms with Gasteiger partial charge in [0.25, 0.3) is 5.91 Å². The second-order valence-corrected chi connectivity index (χ2v) is 12.7. The fourth-order valence-electron chi connectivity index (χ4n) is 4.38. The predicted octanol–water partition coefficient (Wildman–Crippen LogP) is 6.83. The van der Waals surface area contributed by atoms with Crippen LogP contribution in [0.2, 0.25) is 0 Å². The van der Waals surface area contributed by atoms with Gasteiger partial charge < -0.3 is 15.5 Å². The summed E-state index contributed by atoms with van der Waals surface area (Å²) in [5.74, 6) is 0.261. The number of aromatic amines is 1. The molecule has 5 rings (SSSR count). The van der Waals surface area contributed by atoms with Crippen molar-refractivity contribution < 1.29 is 9.59 Å². The SMILES string of the molecule is CC(C)c1cncc(CNCCCNC(=O)c2cc(C=O)cc(-c3cn[nH]c3)c2)c1.Cc1ccccc1.Cc1csc(CN(C)C)n1. The first-order chi connectivity index (χ1) is 22.6. The van der Waals surface area contributed by atoms with Gasteiger partial charge in [0.1, 0.15) is 11.3 Å². The maximum atomic E-state index is 12.5. The number of H-pyrrole nitrogens is 1. The fraction of sp³-hybridized carbons (Fsp3) is 0.324. The zero-order valence-corrected chi connectivity index (χ0v) is 29.1. The summed E-state index contributed by atoms with van der Waals surface area (Å²) in [6.45, 7) is 11.4. The van der Waals surface area contributed by atoms with Gasteiger partial charge in [0, 0.05) is 66.0 Å². The van der Waals surface area contributed by atoms with Gasteiger partial charge in [-0.15, -0.1) is 11.3 Å². The van der Waals surface area contributed by atoms with E-state index >= 15 is 0 Å². The molecular formula is C37H47N7O2S. The number of hydrogen-bond acceptors (Lipinski definition) is 8. The maximum Gasteiger partial charge on any atom is 0.251 e. The van der Waals surface area contributed by atoms with E-state index in [1.54, 1.807) is 41.9 Å². The summed E-state index contributed by atoms with van der Waals surface area (Å²) in [4.78, 5) is 34.5. The molecule has 3 heterocycles. The highest BCUT2D eigenvalue weighted by Crippen LogP contribution is 2.21. The largest absolute Gasteiger partial charge is 0.352 e. The van der Waals surface area contributed by atoms with Gasteiger partial charge in [-0.25, -0.2) is 4.98 Å². The number of nitrogens with one attached hydrogen (secondary N) is 3. The minimum atomic E-state index is -0.197. The molecule has 0 aliphatic heterocycles. The van der Waals surface area contributed by atoms with E-state index in [1.807, 2.05) is 37.5 Å². The first kappa shape index (κ1) is 37.0. The average Bonchev–Trinajstić information content (AvgIpc) is 3.75. The van der Waals surface area contributed by atoms with E-state index in [-0.39, 0.29) is 5.91 Å². The molecule has 0 radical (unpaired) electrons. The van der Waals surface area contributed by atoms with Crippen LogP contribution in [-0.2, 0) is 13.1 Å². The molecular weight excluding hydrogens is 607 g/mol. The van der Waals surface area contributed by atoms with E-state index in [0.717, 1.165) is 54.7 Å². The van der Waals surface area contributed by atoms with Crippen molar-refractivity contribution in [2.75, 3.05) is 27.2 Å². The van der Waals surface area contributed by atoms with Gasteiger partial charge in [0.2, 0.25) is 0 Å². The number of aryl methyl sites for hydroxylation is 2. The highest BCUT2D eigenvalue weighted by molar-refractivity contribution is 7.09. The average molecular weight is 654 g/mol. The highest BCUT2D eigenvalue weighted by Gasteiger charge is 2.10. The summed E-state index contributed by atoms with van der Waals surface area (Å²) in [6, 6.07) is 17.5. The smallest absolute Gasteiger partial charge is 0.251 e. The number of amides is 1. The molecule has 0 aliphatic carbocycles. The van der Waals surface area contributed by atoms with Crippen LogP contribution in [0, 0.1) is 13.8 Å². The number of benzene rings is 2. The second-order valence-electron chi connectivity index (χ2n) is 11.8. The monoisotopic (exact) mass is 653 g/mol. The number of aromatic nitrogens is 4. The standard InChI is InChI=1S/C23H27N5O2.C7H12N2S.C7H8/c1-16(2)21-8-18(11-25-12-21)10-24-4-3-5-26-23(30)20-7-17(15-29)6-19(9-20)22-13-27-28-14-22;1-6-5-10-7(8-6)4-9(2)3;1-7-5-3-2-4-6-7/h6-9,11-16,24H,3-5,10H2,1-2H3,(H,26,30)(H,27,28);5H,4H2,1-3H3;2-6H,1H3. The molecule has 2 aromatic carbocycles. The van der Waals surface area contributed by atoms with Gasteiger partial charge in [0.15, 0.2) is 0 Å². The number of aldehydes is 1. The summed E-state index contributed by atoms with van der Waals surface area (Å²) >= 11 is 1.73. The van der Waals surface area contributed by atoms with Gasteiger partial charge >= 0.3 is 0 Å². The second kappa shape index (κ2) is 19.9. The molecule has 0 spiro atoms. The van der Waals surface area contributed by atoms with E-state index in [2.05, 4.69) is 94.1 Å². The molecule has 0 aliphatic rings. The van der Waals surface area contributed by atoms with E-state index in [9.17, 15) is 9.59 Å². The van der Waals surface area contributed by atoms with Crippen LogP contribution < -0.4 is 10.6 Å². The lowest BCUT2D eigenvalue weighted by Gasteiger charge is -2.10. The summed E-state index contributed by atoms with van der Waals surface area (Å²) in [5, 5.41) is 16.2. The van der Waals surface area contributed by atoms with Gasteiger partial charge in [-0.3, -0.25) is 19.7 Å². The zero-order chi connectivity index (χ0) is 34.0. The van der Waals surface area contributed by atoms with Crippen LogP contribution >= 0.6 is 11.3 Å². The minimum absolute atomic E-state index is 0.197. The molecule has 5 aromatic rings. The van der Waals surface area contributed by atoms with Gasteiger partial charge in [-0.1, -0.05) is 55.8 Å². The molecule has 3 N–H and O–H groups in total. The number of pyridine rings is 1. The Bertz CT molecular complexity index is 1630. The first-order valence-electron chi connectivity index (χ1n) is 15.7. The third-order valence-corrected chi connectivity index (χ3v) is 7.82. The lowest BCUT2D eigenvalue weighted by atomic mass is 10.0. The molecule has 248 valence electrons. The van der Waals surface area contributed by atoms with Crippen molar-refractivity contribution in [3.05, 3.63) is 123 Å². The number of nitrogens with zero attached hydrogens (tertiary/aromatic N) is 4. The number of carbonyl (C=O) groups excluding carboxylic acids is 2. The topological polar surface area (TPSA) is 116 Å². The quantitative estimate of drug-likeness (QED) is 0.0999. The fourth-order valence-corrected chi connectivity index (χ4v) is 5.27. The van der Waals surface area contributed by atoms with E-state index in [1.165, 1.54) is 16.1 Å². The Kier molecular flexibility index (Phi) is 15.6. The van der Waals surface area contributed by atoms with E-state index in [0.29, 0.717) is 23.6 Å². The molecule has 0 saturated carbocycles. The Labute approximate surface area is 282 Å². The van der Waals surface area contributed by atoms with E-state index < -0.39 is 0 Å². The molecule has 3 aromatic heterocycles. The Morgan fingerprint density at radius 1 is 1.00 bits per heavy atom. The molecule has 0 saturated heterocycles. The van der Waals surface area contributed by atoms with Crippen LogP contribution in [0.4, 0.5) is 0 Å². The molecule has 0 bridgehead atoms. The van der Waals surface area contributed by atoms with Crippen LogP contribution in [-0.4, -0.2) is 64.4 Å². The number of rotatable bonds is 12. The molecule has 9 nitrogen and oxygen atoms in total. The zero-order valence-electron chi connectivity index (χ0n) is 28.3. The number of hydrogen-bond donors (Lipinski definition) is 3. The number of carbonyl (C=O) groups is 2. The van der Waals surface area contributed by atoms with E-state index in [4.69, 9.17) is 0 Å². The van der Waals surface area contributed by atoms with Crippen molar-refractivity contribution in [1.82, 2.24) is 35.7 Å². The van der Waals surface area contributed by atoms with Gasteiger partial charge in [0.05, 0.1) is 6.20 Å². The third-order valence-electron chi connectivity index (χ3n) is 6.87. The van der Waals surface area contributed by atoms with Crippen molar-refractivity contribution in [2.24, 2.45) is 0 Å². The first-order valence-corrected chi connectivity index (χ1v) is 16.6. The summed E-state index contributed by atoms with van der Waals surface area (Å²) in [5.41, 5.74) is 7.35. The third kappa shape index (κ3) is 13.8. The normalized spacial score (nSPS) is 10.6. The van der Waals surface area contributed by atoms with Crippen LogP contribution in [0.1, 0.15) is 74.3 Å². The lowest BCUT2D eigenvalue weighted by Crippen LogP contribution is -2.27. The van der Waals surface area contributed by atoms with Crippen LogP contribution in [0.5, 0.6) is 0 Å². The van der Waals surface area contributed by atoms with Crippen molar-refractivity contribution in [3.8, 4) is 11.1 Å². The predicted molar refractivity (Wildman–Crippen MR) is 192 cm³/mol.